The molecule has 1 aliphatic rings. The van der Waals surface area contributed by atoms with Crippen molar-refractivity contribution in [3.05, 3.63) is 0 Å². The third kappa shape index (κ3) is 5.83. The molecule has 0 saturated carbocycles. The first-order valence-electron chi connectivity index (χ1n) is 8.42. The van der Waals surface area contributed by atoms with Gasteiger partial charge in [0.1, 0.15) is 0 Å². The highest BCUT2D eigenvalue weighted by Gasteiger charge is 2.26. The molecule has 0 bridgehead atoms. The Morgan fingerprint density at radius 2 is 2.00 bits per heavy atom. The molecule has 1 saturated heterocycles. The van der Waals surface area contributed by atoms with E-state index in [0.29, 0.717) is 0 Å². The molecule has 0 aliphatic carbocycles. The number of nitrogens with one attached hydrogen (secondary N) is 1. The Hall–Kier alpha value is -1.30. The fourth-order valence-electron chi connectivity index (χ4n) is 2.90. The Kier molecular flexibility index (Phi) is 8.89. The molecule has 1 N–H and O–H groups in total. The number of likely N-dealkylation sites (N-methyl/N-ethyl adjacent to an activating group) is 1. The summed E-state index contributed by atoms with van der Waals surface area (Å²) >= 11 is 0. The molecular weight excluding hydrogens is 280 g/mol. The van der Waals surface area contributed by atoms with Crippen LogP contribution in [-0.4, -0.2) is 75.2 Å². The van der Waals surface area contributed by atoms with Crippen LogP contribution in [0.3, 0.4) is 0 Å². The van der Waals surface area contributed by atoms with Crippen molar-refractivity contribution in [1.29, 1.82) is 0 Å². The van der Waals surface area contributed by atoms with Crippen molar-refractivity contribution < 1.29 is 9.53 Å². The SMILES string of the molecule is CCCN(CC)CCNC(=NC)N1CCC(C(=O)OC)CC1. The molecule has 1 fully saturated rings. The first kappa shape index (κ1) is 18.7. The van der Waals surface area contributed by atoms with E-state index in [1.165, 1.54) is 13.5 Å². The maximum absolute atomic E-state index is 11.6. The van der Waals surface area contributed by atoms with Gasteiger partial charge in [0.15, 0.2) is 5.96 Å². The van der Waals surface area contributed by atoms with Gasteiger partial charge in [0.05, 0.1) is 13.0 Å². The number of carbonyl (C=O) groups excluding carboxylic acids is 1. The van der Waals surface area contributed by atoms with E-state index in [1.54, 1.807) is 0 Å². The summed E-state index contributed by atoms with van der Waals surface area (Å²) in [7, 11) is 3.28. The number of piperidine rings is 1. The van der Waals surface area contributed by atoms with Crippen LogP contribution in [-0.2, 0) is 9.53 Å². The molecule has 1 rings (SSSR count). The van der Waals surface area contributed by atoms with Crippen molar-refractivity contribution in [3.63, 3.8) is 0 Å². The molecule has 128 valence electrons. The summed E-state index contributed by atoms with van der Waals surface area (Å²) in [5.41, 5.74) is 0. The molecule has 0 aromatic heterocycles. The molecule has 0 aromatic carbocycles. The number of aliphatic imine (C=N–C) groups is 1. The summed E-state index contributed by atoms with van der Waals surface area (Å²) in [6.07, 6.45) is 2.86. The number of carbonyl (C=O) groups is 1. The van der Waals surface area contributed by atoms with Gasteiger partial charge in [0.25, 0.3) is 0 Å². The second-order valence-electron chi connectivity index (χ2n) is 5.69. The van der Waals surface area contributed by atoms with Gasteiger partial charge in [-0.15, -0.1) is 0 Å². The molecule has 0 aromatic rings. The smallest absolute Gasteiger partial charge is 0.308 e. The van der Waals surface area contributed by atoms with E-state index in [4.69, 9.17) is 4.74 Å². The number of hydrogen-bond donors (Lipinski definition) is 1. The van der Waals surface area contributed by atoms with Gasteiger partial charge in [-0.3, -0.25) is 9.79 Å². The van der Waals surface area contributed by atoms with Crippen LogP contribution in [0.5, 0.6) is 0 Å². The van der Waals surface area contributed by atoms with Crippen LogP contribution in [0, 0.1) is 5.92 Å². The van der Waals surface area contributed by atoms with E-state index in [1.807, 2.05) is 7.05 Å². The van der Waals surface area contributed by atoms with Crippen molar-refractivity contribution in [2.75, 3.05) is 53.4 Å². The molecular formula is C16H32N4O2. The van der Waals surface area contributed by atoms with Crippen LogP contribution in [0.15, 0.2) is 4.99 Å². The maximum atomic E-state index is 11.6. The highest BCUT2D eigenvalue weighted by molar-refractivity contribution is 5.80. The van der Waals surface area contributed by atoms with Gasteiger partial charge in [-0.25, -0.2) is 0 Å². The summed E-state index contributed by atoms with van der Waals surface area (Å²) in [6.45, 7) is 10.3. The van der Waals surface area contributed by atoms with Crippen molar-refractivity contribution in [2.24, 2.45) is 10.9 Å². The lowest BCUT2D eigenvalue weighted by molar-refractivity contribution is -0.146. The summed E-state index contributed by atoms with van der Waals surface area (Å²) in [4.78, 5) is 20.6. The fourth-order valence-corrected chi connectivity index (χ4v) is 2.90. The molecule has 0 spiro atoms. The molecule has 0 radical (unpaired) electrons. The zero-order valence-electron chi connectivity index (χ0n) is 14.6. The minimum atomic E-state index is -0.0826. The normalized spacial score (nSPS) is 17.0. The second kappa shape index (κ2) is 10.4. The number of esters is 1. The number of ether oxygens (including phenoxy) is 1. The number of hydrogen-bond acceptors (Lipinski definition) is 4. The van der Waals surface area contributed by atoms with E-state index in [9.17, 15) is 4.79 Å². The Bertz CT molecular complexity index is 352. The molecule has 0 amide bonds. The van der Waals surface area contributed by atoms with Crippen LogP contribution in [0.2, 0.25) is 0 Å². The van der Waals surface area contributed by atoms with Crippen molar-refractivity contribution in [1.82, 2.24) is 15.1 Å². The van der Waals surface area contributed by atoms with Crippen LogP contribution >= 0.6 is 0 Å². The topological polar surface area (TPSA) is 57.2 Å². The molecule has 6 nitrogen and oxygen atoms in total. The first-order valence-corrected chi connectivity index (χ1v) is 8.42. The van der Waals surface area contributed by atoms with Crippen LogP contribution in [0.4, 0.5) is 0 Å². The van der Waals surface area contributed by atoms with Crippen LogP contribution in [0.25, 0.3) is 0 Å². The first-order chi connectivity index (χ1) is 10.7. The van der Waals surface area contributed by atoms with E-state index in [2.05, 4.69) is 34.0 Å². The predicted molar refractivity (Wildman–Crippen MR) is 90.1 cm³/mol. The molecule has 6 heteroatoms. The molecule has 0 atom stereocenters. The molecule has 1 aliphatic heterocycles. The van der Waals surface area contributed by atoms with E-state index in [-0.39, 0.29) is 11.9 Å². The van der Waals surface area contributed by atoms with Gasteiger partial charge >= 0.3 is 5.97 Å². The lowest BCUT2D eigenvalue weighted by Crippen LogP contribution is -2.48. The largest absolute Gasteiger partial charge is 0.469 e. The lowest BCUT2D eigenvalue weighted by atomic mass is 9.97. The Labute approximate surface area is 134 Å². The average Bonchev–Trinajstić information content (AvgIpc) is 2.57. The highest BCUT2D eigenvalue weighted by atomic mass is 16.5. The molecule has 22 heavy (non-hydrogen) atoms. The quantitative estimate of drug-likeness (QED) is 0.435. The summed E-state index contributed by atoms with van der Waals surface area (Å²) < 4.78 is 4.83. The van der Waals surface area contributed by atoms with Crippen LogP contribution in [0.1, 0.15) is 33.1 Å². The fraction of sp³-hybridized carbons (Fsp3) is 0.875. The minimum absolute atomic E-state index is 0.0412. The Balaban J connectivity index is 2.35. The predicted octanol–water partition coefficient (Wildman–Crippen LogP) is 1.18. The standard InChI is InChI=1S/C16H32N4O2/c1-5-10-19(6-2)13-9-18-16(17-3)20-11-7-14(8-12-20)15(21)22-4/h14H,5-13H2,1-4H3,(H,17,18). The van der Waals surface area contributed by atoms with Gasteiger partial charge < -0.3 is 19.9 Å². The zero-order valence-corrected chi connectivity index (χ0v) is 14.6. The van der Waals surface area contributed by atoms with Gasteiger partial charge in [0.2, 0.25) is 0 Å². The Morgan fingerprint density at radius 3 is 2.50 bits per heavy atom. The summed E-state index contributed by atoms with van der Waals surface area (Å²) in [5, 5.41) is 3.44. The number of likely N-dealkylation sites (tertiary alicyclic amines) is 1. The van der Waals surface area contributed by atoms with Gasteiger partial charge in [-0.05, 0) is 32.4 Å². The molecule has 0 unspecified atom stereocenters. The van der Waals surface area contributed by atoms with Crippen LogP contribution < -0.4 is 5.32 Å². The zero-order chi connectivity index (χ0) is 16.4. The number of guanidine groups is 1. The van der Waals surface area contributed by atoms with Crippen molar-refractivity contribution >= 4 is 11.9 Å². The maximum Gasteiger partial charge on any atom is 0.308 e. The average molecular weight is 312 g/mol. The van der Waals surface area contributed by atoms with Gasteiger partial charge in [-0.1, -0.05) is 13.8 Å². The highest BCUT2D eigenvalue weighted by Crippen LogP contribution is 2.18. The number of nitrogens with zero attached hydrogens (tertiary/aromatic N) is 3. The second-order valence-corrected chi connectivity index (χ2v) is 5.69. The van der Waals surface area contributed by atoms with E-state index >= 15 is 0 Å². The van der Waals surface area contributed by atoms with Crippen molar-refractivity contribution in [2.45, 2.75) is 33.1 Å². The minimum Gasteiger partial charge on any atom is -0.469 e. The third-order valence-electron chi connectivity index (χ3n) is 4.24. The summed E-state index contributed by atoms with van der Waals surface area (Å²) in [6, 6.07) is 0. The van der Waals surface area contributed by atoms with E-state index < -0.39 is 0 Å². The van der Waals surface area contributed by atoms with E-state index in [0.717, 1.165) is 58.1 Å². The Morgan fingerprint density at radius 1 is 1.32 bits per heavy atom. The van der Waals surface area contributed by atoms with Gasteiger partial charge in [0, 0.05) is 33.2 Å². The summed E-state index contributed by atoms with van der Waals surface area (Å²) in [5.74, 6) is 0.899. The third-order valence-corrected chi connectivity index (χ3v) is 4.24. The van der Waals surface area contributed by atoms with Gasteiger partial charge in [-0.2, -0.15) is 0 Å². The lowest BCUT2D eigenvalue weighted by Gasteiger charge is -2.33. The molecule has 1 heterocycles. The van der Waals surface area contributed by atoms with Crippen molar-refractivity contribution in [3.8, 4) is 0 Å². The monoisotopic (exact) mass is 312 g/mol. The number of methoxy groups -OCH3 is 1. The number of rotatable bonds is 7.